The average Bonchev–Trinajstić information content (AvgIpc) is 3.26. The van der Waals surface area contributed by atoms with Gasteiger partial charge in [0.15, 0.2) is 0 Å². The number of nitrogens with zero attached hydrogens (tertiary/aromatic N) is 4. The highest BCUT2D eigenvalue weighted by molar-refractivity contribution is 5.79. The number of hydrogen-bond acceptors (Lipinski definition) is 6. The number of carbonyl (C=O) groups excluding carboxylic acids is 1. The number of quaternary nitrogens is 1. The van der Waals surface area contributed by atoms with Crippen LogP contribution in [0, 0.1) is 0 Å². The number of pyridine rings is 1. The molecule has 9 heteroatoms. The van der Waals surface area contributed by atoms with E-state index >= 15 is 0 Å². The highest BCUT2D eigenvalue weighted by Gasteiger charge is 2.20. The summed E-state index contributed by atoms with van der Waals surface area (Å²) in [4.78, 5) is 28.9. The zero-order valence-corrected chi connectivity index (χ0v) is 19.5. The molecule has 34 heavy (non-hydrogen) atoms. The maximum Gasteiger partial charge on any atom is 0.327 e. The number of fused-ring (bicyclic) bond motifs is 1. The Labute approximate surface area is 197 Å². The lowest BCUT2D eigenvalue weighted by Gasteiger charge is -2.19. The van der Waals surface area contributed by atoms with E-state index in [1.165, 1.54) is 10.2 Å². The number of aryl methyl sites for hydroxylation is 1. The molecule has 0 aliphatic carbocycles. The maximum absolute atomic E-state index is 12.9. The van der Waals surface area contributed by atoms with Gasteiger partial charge in [-0.15, -0.1) is 5.10 Å². The molecule has 0 fully saturated rings. The van der Waals surface area contributed by atoms with Gasteiger partial charge in [0, 0.05) is 11.1 Å². The Kier molecular flexibility index (Phi) is 7.44. The summed E-state index contributed by atoms with van der Waals surface area (Å²) in [7, 11) is 0. The molecule has 0 bridgehead atoms. The van der Waals surface area contributed by atoms with Crippen molar-refractivity contribution in [3.63, 3.8) is 0 Å². The third-order valence-corrected chi connectivity index (χ3v) is 5.73. The van der Waals surface area contributed by atoms with Crippen LogP contribution >= 0.6 is 0 Å². The van der Waals surface area contributed by atoms with Gasteiger partial charge in [-0.05, 0) is 52.9 Å². The number of H-pyrrole nitrogens is 1. The molecule has 4 aromatic rings. The lowest BCUT2D eigenvalue weighted by Crippen LogP contribution is -3.08. The highest BCUT2D eigenvalue weighted by Crippen LogP contribution is 2.14. The van der Waals surface area contributed by atoms with Crippen LogP contribution in [0.3, 0.4) is 0 Å². The van der Waals surface area contributed by atoms with Gasteiger partial charge in [-0.1, -0.05) is 43.3 Å². The average molecular weight is 462 g/mol. The van der Waals surface area contributed by atoms with Crippen molar-refractivity contribution in [1.29, 1.82) is 0 Å². The van der Waals surface area contributed by atoms with E-state index in [1.54, 1.807) is 6.92 Å². The van der Waals surface area contributed by atoms with Gasteiger partial charge < -0.3 is 14.6 Å². The summed E-state index contributed by atoms with van der Waals surface area (Å²) >= 11 is 0. The third-order valence-electron chi connectivity index (χ3n) is 5.73. The van der Waals surface area contributed by atoms with Gasteiger partial charge >= 0.3 is 5.97 Å². The SMILES string of the molecule is CCOC(=O)Cn1nnnc1C[NH+](Cc1ccccc1)Cc1cc2cc(CC)ccc2[nH]c1=O. The lowest BCUT2D eigenvalue weighted by molar-refractivity contribution is -0.941. The Morgan fingerprint density at radius 1 is 1.03 bits per heavy atom. The molecule has 0 radical (unpaired) electrons. The van der Waals surface area contributed by atoms with Crippen molar-refractivity contribution in [1.82, 2.24) is 25.2 Å². The minimum Gasteiger partial charge on any atom is -0.465 e. The first-order valence-corrected chi connectivity index (χ1v) is 11.5. The minimum atomic E-state index is -0.390. The standard InChI is InChI=1S/C25H28N6O3/c1-3-18-10-11-22-20(12-18)13-21(25(33)26-22)15-30(14-19-8-6-5-7-9-19)16-23-27-28-29-31(23)17-24(32)34-4-2/h5-13H,3-4,14-17H2,1-2H3,(H,26,33)/p+1. The summed E-state index contributed by atoms with van der Waals surface area (Å²) in [6.45, 7) is 5.70. The summed E-state index contributed by atoms with van der Waals surface area (Å²) in [5.74, 6) is 0.169. The Bertz CT molecular complexity index is 1320. The fourth-order valence-corrected chi connectivity index (χ4v) is 4.02. The summed E-state index contributed by atoms with van der Waals surface area (Å²) < 4.78 is 6.49. The van der Waals surface area contributed by atoms with Crippen LogP contribution in [0.2, 0.25) is 0 Å². The summed E-state index contributed by atoms with van der Waals surface area (Å²) in [6, 6.07) is 18.2. The number of esters is 1. The van der Waals surface area contributed by atoms with Crippen LogP contribution in [0.25, 0.3) is 10.9 Å². The van der Waals surface area contributed by atoms with Crippen molar-refractivity contribution in [2.75, 3.05) is 6.61 Å². The second-order valence-electron chi connectivity index (χ2n) is 8.22. The van der Waals surface area contributed by atoms with Crippen LogP contribution in [0.15, 0.2) is 59.4 Å². The molecular formula is C25H29N6O3+. The molecule has 0 amide bonds. The number of ether oxygens (including phenoxy) is 1. The molecule has 0 aliphatic heterocycles. The van der Waals surface area contributed by atoms with Crippen molar-refractivity contribution < 1.29 is 14.4 Å². The smallest absolute Gasteiger partial charge is 0.327 e. The quantitative estimate of drug-likeness (QED) is 0.346. The van der Waals surface area contributed by atoms with Crippen molar-refractivity contribution in [3.05, 3.63) is 87.5 Å². The molecule has 9 nitrogen and oxygen atoms in total. The van der Waals surface area contributed by atoms with E-state index in [9.17, 15) is 9.59 Å². The Morgan fingerprint density at radius 2 is 1.85 bits per heavy atom. The van der Waals surface area contributed by atoms with E-state index < -0.39 is 5.97 Å². The second-order valence-corrected chi connectivity index (χ2v) is 8.22. The first-order chi connectivity index (χ1) is 16.6. The van der Waals surface area contributed by atoms with Gasteiger partial charge in [0.2, 0.25) is 5.82 Å². The molecule has 2 N–H and O–H groups in total. The molecule has 0 spiro atoms. The monoisotopic (exact) mass is 461 g/mol. The van der Waals surface area contributed by atoms with Crippen LogP contribution in [0.1, 0.15) is 36.4 Å². The molecular weight excluding hydrogens is 432 g/mol. The summed E-state index contributed by atoms with van der Waals surface area (Å²) in [6.07, 6.45) is 0.929. The molecule has 2 heterocycles. The summed E-state index contributed by atoms with van der Waals surface area (Å²) in [5.41, 5.74) is 3.77. The van der Waals surface area contributed by atoms with Crippen LogP contribution in [-0.4, -0.2) is 37.8 Å². The van der Waals surface area contributed by atoms with Gasteiger partial charge in [-0.3, -0.25) is 9.59 Å². The highest BCUT2D eigenvalue weighted by atomic mass is 16.5. The fraction of sp³-hybridized carbons (Fsp3) is 0.320. The van der Waals surface area contributed by atoms with E-state index in [2.05, 4.69) is 45.6 Å². The van der Waals surface area contributed by atoms with Gasteiger partial charge in [-0.2, -0.15) is 0 Å². The zero-order valence-electron chi connectivity index (χ0n) is 19.5. The minimum absolute atomic E-state index is 0.0505. The Balaban J connectivity index is 1.62. The number of carbonyl (C=O) groups is 1. The topological polar surface area (TPSA) is 107 Å². The number of rotatable bonds is 10. The molecule has 0 saturated carbocycles. The fourth-order valence-electron chi connectivity index (χ4n) is 4.02. The first-order valence-electron chi connectivity index (χ1n) is 11.5. The number of aromatic nitrogens is 5. The Morgan fingerprint density at radius 3 is 2.62 bits per heavy atom. The van der Waals surface area contributed by atoms with E-state index in [0.717, 1.165) is 27.8 Å². The lowest BCUT2D eigenvalue weighted by atomic mass is 10.1. The van der Waals surface area contributed by atoms with Crippen molar-refractivity contribution in [3.8, 4) is 0 Å². The second kappa shape index (κ2) is 10.8. The van der Waals surface area contributed by atoms with Crippen LogP contribution in [-0.2, 0) is 42.1 Å². The molecule has 2 aromatic carbocycles. The maximum atomic E-state index is 12.9. The van der Waals surface area contributed by atoms with Gasteiger partial charge in [0.1, 0.15) is 26.2 Å². The molecule has 1 unspecified atom stereocenters. The third kappa shape index (κ3) is 5.74. The molecule has 0 aliphatic rings. The number of benzene rings is 2. The van der Waals surface area contributed by atoms with Gasteiger partial charge in [0.25, 0.3) is 5.56 Å². The van der Waals surface area contributed by atoms with Gasteiger partial charge in [-0.25, -0.2) is 4.68 Å². The van der Waals surface area contributed by atoms with E-state index in [0.29, 0.717) is 37.6 Å². The van der Waals surface area contributed by atoms with Crippen LogP contribution < -0.4 is 10.5 Å². The van der Waals surface area contributed by atoms with Crippen molar-refractivity contribution in [2.24, 2.45) is 0 Å². The summed E-state index contributed by atoms with van der Waals surface area (Å²) in [5, 5.41) is 12.9. The van der Waals surface area contributed by atoms with Crippen LogP contribution in [0.5, 0.6) is 0 Å². The molecule has 176 valence electrons. The van der Waals surface area contributed by atoms with Gasteiger partial charge in [0.05, 0.1) is 12.2 Å². The molecule has 1 atom stereocenters. The van der Waals surface area contributed by atoms with Crippen molar-refractivity contribution >= 4 is 16.9 Å². The number of hydrogen-bond donors (Lipinski definition) is 2. The molecule has 0 saturated heterocycles. The zero-order chi connectivity index (χ0) is 23.9. The van der Waals surface area contributed by atoms with E-state index in [1.807, 2.05) is 36.4 Å². The molecule has 4 rings (SSSR count). The van der Waals surface area contributed by atoms with Crippen molar-refractivity contribution in [2.45, 2.75) is 46.4 Å². The largest absolute Gasteiger partial charge is 0.465 e. The predicted molar refractivity (Wildman–Crippen MR) is 127 cm³/mol. The number of tetrazole rings is 1. The number of aromatic amines is 1. The van der Waals surface area contributed by atoms with Crippen LogP contribution in [0.4, 0.5) is 0 Å². The Hall–Kier alpha value is -3.85. The molecule has 2 aromatic heterocycles. The normalized spacial score (nSPS) is 12.1. The van der Waals surface area contributed by atoms with E-state index in [-0.39, 0.29) is 12.1 Å². The van der Waals surface area contributed by atoms with E-state index in [4.69, 9.17) is 4.74 Å². The predicted octanol–water partition coefficient (Wildman–Crippen LogP) is 1.43. The number of nitrogens with one attached hydrogen (secondary N) is 2. The first kappa shape index (κ1) is 23.3.